The fourth-order valence-corrected chi connectivity index (χ4v) is 3.68. The molecule has 2 saturated heterocycles. The van der Waals surface area contributed by atoms with Crippen LogP contribution in [0.1, 0.15) is 24.6 Å². The predicted octanol–water partition coefficient (Wildman–Crippen LogP) is 2.85. The van der Waals surface area contributed by atoms with Gasteiger partial charge in [0.25, 0.3) is 5.91 Å². The Balaban J connectivity index is 1.51. The van der Waals surface area contributed by atoms with Gasteiger partial charge in [-0.15, -0.1) is 0 Å². The first-order valence-electron chi connectivity index (χ1n) is 9.21. The number of likely N-dealkylation sites (tertiary alicyclic amines) is 1. The van der Waals surface area contributed by atoms with Gasteiger partial charge in [-0.1, -0.05) is 12.1 Å². The zero-order valence-electron chi connectivity index (χ0n) is 15.5. The molecule has 8 heteroatoms. The van der Waals surface area contributed by atoms with Gasteiger partial charge in [-0.05, 0) is 43.2 Å². The Kier molecular flexibility index (Phi) is 4.68. The van der Waals surface area contributed by atoms with Gasteiger partial charge < -0.3 is 15.1 Å². The maximum absolute atomic E-state index is 12.8. The Morgan fingerprint density at radius 3 is 2.75 bits per heavy atom. The number of anilines is 2. The Morgan fingerprint density at radius 1 is 1.18 bits per heavy atom. The zero-order valence-corrected chi connectivity index (χ0v) is 15.5. The minimum Gasteiger partial charge on any atom is -0.318 e. The van der Waals surface area contributed by atoms with Crippen molar-refractivity contribution < 1.29 is 14.4 Å². The highest BCUT2D eigenvalue weighted by atomic mass is 16.2. The summed E-state index contributed by atoms with van der Waals surface area (Å²) in [5, 5.41) is 2.88. The molecule has 3 heterocycles. The summed E-state index contributed by atoms with van der Waals surface area (Å²) in [7, 11) is 1.58. The van der Waals surface area contributed by atoms with E-state index in [1.165, 1.54) is 4.90 Å². The lowest BCUT2D eigenvalue weighted by molar-refractivity contribution is -0.116. The first-order chi connectivity index (χ1) is 13.5. The number of carbonyl (C=O) groups is 3. The smallest absolute Gasteiger partial charge is 0.318 e. The van der Waals surface area contributed by atoms with Gasteiger partial charge in [-0.3, -0.25) is 9.78 Å². The van der Waals surface area contributed by atoms with Crippen molar-refractivity contribution in [2.75, 3.05) is 30.4 Å². The summed E-state index contributed by atoms with van der Waals surface area (Å²) in [5.41, 5.74) is 1.85. The van der Waals surface area contributed by atoms with Crippen molar-refractivity contribution in [3.8, 4) is 0 Å². The summed E-state index contributed by atoms with van der Waals surface area (Å²) in [5.74, 6) is -0.286. The maximum Gasteiger partial charge on any atom is 0.331 e. The topological polar surface area (TPSA) is 85.8 Å². The highest BCUT2D eigenvalue weighted by Crippen LogP contribution is 2.31. The largest absolute Gasteiger partial charge is 0.331 e. The molecule has 1 atom stereocenters. The molecular weight excluding hydrogens is 358 g/mol. The molecule has 2 fully saturated rings. The van der Waals surface area contributed by atoms with Crippen molar-refractivity contribution in [1.82, 2.24) is 14.8 Å². The van der Waals surface area contributed by atoms with Crippen LogP contribution in [0.2, 0.25) is 0 Å². The van der Waals surface area contributed by atoms with Crippen molar-refractivity contribution in [2.24, 2.45) is 0 Å². The number of nitrogens with zero attached hydrogens (tertiary/aromatic N) is 4. The van der Waals surface area contributed by atoms with E-state index in [9.17, 15) is 14.4 Å². The van der Waals surface area contributed by atoms with Crippen LogP contribution in [-0.4, -0.2) is 52.9 Å². The van der Waals surface area contributed by atoms with Crippen LogP contribution in [0.4, 0.5) is 21.0 Å². The Bertz CT molecular complexity index is 917. The summed E-state index contributed by atoms with van der Waals surface area (Å²) in [4.78, 5) is 45.8. The quantitative estimate of drug-likeness (QED) is 0.831. The molecule has 0 aliphatic carbocycles. The molecule has 0 spiro atoms. The van der Waals surface area contributed by atoms with Gasteiger partial charge in [0, 0.05) is 25.5 Å². The van der Waals surface area contributed by atoms with E-state index in [1.807, 2.05) is 18.2 Å². The number of amides is 5. The van der Waals surface area contributed by atoms with E-state index in [-0.39, 0.29) is 30.6 Å². The first kappa shape index (κ1) is 18.0. The fourth-order valence-electron chi connectivity index (χ4n) is 3.68. The molecule has 1 N–H and O–H groups in total. The van der Waals surface area contributed by atoms with E-state index in [0.29, 0.717) is 17.9 Å². The van der Waals surface area contributed by atoms with E-state index >= 15 is 0 Å². The monoisotopic (exact) mass is 379 g/mol. The van der Waals surface area contributed by atoms with E-state index in [0.717, 1.165) is 23.4 Å². The van der Waals surface area contributed by atoms with Crippen LogP contribution in [0.25, 0.3) is 0 Å². The number of aromatic nitrogens is 1. The molecule has 1 aromatic carbocycles. The minimum absolute atomic E-state index is 0.0505. The number of imide groups is 1. The predicted molar refractivity (Wildman–Crippen MR) is 104 cm³/mol. The number of pyridine rings is 1. The third-order valence-electron chi connectivity index (χ3n) is 5.04. The van der Waals surface area contributed by atoms with E-state index in [4.69, 9.17) is 0 Å². The van der Waals surface area contributed by atoms with Crippen LogP contribution in [0.3, 0.4) is 0 Å². The normalized spacial score (nSPS) is 19.5. The van der Waals surface area contributed by atoms with Crippen LogP contribution in [0, 0.1) is 0 Å². The SMILES string of the molecule is CN1CC(=O)N(c2cccc(NC(=O)N3CCCC3c3ccccn3)c2)C1=O. The van der Waals surface area contributed by atoms with Gasteiger partial charge >= 0.3 is 12.1 Å². The van der Waals surface area contributed by atoms with Crippen LogP contribution in [0.15, 0.2) is 48.7 Å². The fraction of sp³-hybridized carbons (Fsp3) is 0.300. The van der Waals surface area contributed by atoms with E-state index in [1.54, 1.807) is 42.4 Å². The maximum atomic E-state index is 12.8. The third-order valence-corrected chi connectivity index (χ3v) is 5.04. The van der Waals surface area contributed by atoms with Crippen molar-refractivity contribution in [3.63, 3.8) is 0 Å². The third kappa shape index (κ3) is 3.28. The number of rotatable bonds is 3. The van der Waals surface area contributed by atoms with E-state index in [2.05, 4.69) is 10.3 Å². The molecule has 4 rings (SSSR count). The number of hydrogen-bond acceptors (Lipinski definition) is 4. The number of urea groups is 2. The molecule has 1 unspecified atom stereocenters. The average Bonchev–Trinajstić information content (AvgIpc) is 3.28. The molecule has 8 nitrogen and oxygen atoms in total. The molecule has 5 amide bonds. The second-order valence-electron chi connectivity index (χ2n) is 6.95. The van der Waals surface area contributed by atoms with Gasteiger partial charge in [0.05, 0.1) is 17.4 Å². The molecule has 0 radical (unpaired) electrons. The lowest BCUT2D eigenvalue weighted by Crippen LogP contribution is -2.35. The zero-order chi connectivity index (χ0) is 19.7. The summed E-state index contributed by atoms with van der Waals surface area (Å²) in [6.07, 6.45) is 3.51. The van der Waals surface area contributed by atoms with Gasteiger partial charge in [0.15, 0.2) is 0 Å². The molecule has 0 saturated carbocycles. The Labute approximate surface area is 162 Å². The molecule has 0 bridgehead atoms. The second kappa shape index (κ2) is 7.30. The molecule has 2 aliphatic rings. The van der Waals surface area contributed by atoms with Crippen LogP contribution in [0.5, 0.6) is 0 Å². The average molecular weight is 379 g/mol. The molecule has 28 heavy (non-hydrogen) atoms. The summed E-state index contributed by atoms with van der Waals surface area (Å²) < 4.78 is 0. The van der Waals surface area contributed by atoms with Crippen LogP contribution < -0.4 is 10.2 Å². The molecule has 2 aliphatic heterocycles. The Hall–Kier alpha value is -3.42. The van der Waals surface area contributed by atoms with Gasteiger partial charge in [-0.2, -0.15) is 0 Å². The number of likely N-dealkylation sites (N-methyl/N-ethyl adjacent to an activating group) is 1. The summed E-state index contributed by atoms with van der Waals surface area (Å²) in [6, 6.07) is 11.8. The number of nitrogens with one attached hydrogen (secondary N) is 1. The number of carbonyl (C=O) groups excluding carboxylic acids is 3. The lowest BCUT2D eigenvalue weighted by atomic mass is 10.1. The van der Waals surface area contributed by atoms with Crippen LogP contribution in [-0.2, 0) is 4.79 Å². The van der Waals surface area contributed by atoms with Gasteiger partial charge in [0.1, 0.15) is 6.54 Å². The minimum atomic E-state index is -0.372. The Morgan fingerprint density at radius 2 is 2.04 bits per heavy atom. The highest BCUT2D eigenvalue weighted by Gasteiger charge is 2.35. The number of hydrogen-bond donors (Lipinski definition) is 1. The molecular formula is C20H21N5O3. The molecule has 1 aromatic heterocycles. The van der Waals surface area contributed by atoms with Gasteiger partial charge in [0.2, 0.25) is 0 Å². The standard InChI is InChI=1S/C20H21N5O3/c1-23-13-18(26)25(20(23)28)15-7-4-6-14(12-15)22-19(27)24-11-5-9-17(24)16-8-2-3-10-21-16/h2-4,6-8,10,12,17H,5,9,11,13H2,1H3,(H,22,27). The molecule has 144 valence electrons. The van der Waals surface area contributed by atoms with Crippen molar-refractivity contribution in [2.45, 2.75) is 18.9 Å². The molecule has 2 aromatic rings. The van der Waals surface area contributed by atoms with Crippen molar-refractivity contribution in [1.29, 1.82) is 0 Å². The highest BCUT2D eigenvalue weighted by molar-refractivity contribution is 6.19. The lowest BCUT2D eigenvalue weighted by Gasteiger charge is -2.25. The summed E-state index contributed by atoms with van der Waals surface area (Å²) >= 11 is 0. The van der Waals surface area contributed by atoms with Crippen molar-refractivity contribution in [3.05, 3.63) is 54.4 Å². The van der Waals surface area contributed by atoms with Gasteiger partial charge in [-0.25, -0.2) is 14.5 Å². The van der Waals surface area contributed by atoms with Crippen LogP contribution >= 0.6 is 0 Å². The van der Waals surface area contributed by atoms with Crippen molar-refractivity contribution >= 4 is 29.3 Å². The number of benzene rings is 1. The van der Waals surface area contributed by atoms with E-state index < -0.39 is 0 Å². The summed E-state index contributed by atoms with van der Waals surface area (Å²) in [6.45, 7) is 0.704. The first-order valence-corrected chi connectivity index (χ1v) is 9.21. The second-order valence-corrected chi connectivity index (χ2v) is 6.95.